The van der Waals surface area contributed by atoms with Crippen LogP contribution < -0.4 is 4.90 Å². The number of benzene rings is 1. The van der Waals surface area contributed by atoms with Crippen molar-refractivity contribution in [3.8, 4) is 0 Å². The fourth-order valence-corrected chi connectivity index (χ4v) is 1.69. The molecule has 1 N–H and O–H groups in total. The summed E-state index contributed by atoms with van der Waals surface area (Å²) in [5.74, 6) is -0.224. The third-order valence-corrected chi connectivity index (χ3v) is 2.55. The number of aromatic amines is 1. The second-order valence-corrected chi connectivity index (χ2v) is 3.89. The van der Waals surface area contributed by atoms with E-state index in [0.29, 0.717) is 0 Å². The predicted molar refractivity (Wildman–Crippen MR) is 62.8 cm³/mol. The Labute approximate surface area is 98.6 Å². The van der Waals surface area contributed by atoms with Gasteiger partial charge >= 0.3 is 0 Å². The lowest BCUT2D eigenvalue weighted by atomic mass is 10.1. The number of tetrazole rings is 1. The molecule has 2 rings (SSSR count). The molecule has 0 aliphatic carbocycles. The molecule has 1 heterocycles. The van der Waals surface area contributed by atoms with Gasteiger partial charge in [-0.15, -0.1) is 10.2 Å². The van der Waals surface area contributed by atoms with E-state index in [2.05, 4.69) is 20.6 Å². The molecule has 1 aromatic heterocycles. The number of carbonyl (C=O) groups excluding carboxylic acids is 1. The second kappa shape index (κ2) is 4.32. The van der Waals surface area contributed by atoms with E-state index in [9.17, 15) is 4.79 Å². The first-order valence-corrected chi connectivity index (χ1v) is 5.18. The van der Waals surface area contributed by atoms with Crippen LogP contribution in [0.2, 0.25) is 0 Å². The number of hydrogen-bond acceptors (Lipinski definition) is 4. The first-order valence-electron chi connectivity index (χ1n) is 5.18. The van der Waals surface area contributed by atoms with E-state index in [1.54, 1.807) is 7.05 Å². The van der Waals surface area contributed by atoms with E-state index in [-0.39, 0.29) is 11.7 Å². The van der Waals surface area contributed by atoms with Crippen molar-refractivity contribution < 1.29 is 4.79 Å². The van der Waals surface area contributed by atoms with Gasteiger partial charge in [-0.3, -0.25) is 4.79 Å². The van der Waals surface area contributed by atoms with Crippen molar-refractivity contribution in [1.29, 1.82) is 0 Å². The maximum absolute atomic E-state index is 12.0. The van der Waals surface area contributed by atoms with E-state index in [1.807, 2.05) is 32.0 Å². The Hall–Kier alpha value is -2.24. The highest BCUT2D eigenvalue weighted by atomic mass is 16.2. The van der Waals surface area contributed by atoms with E-state index < -0.39 is 0 Å². The zero-order chi connectivity index (χ0) is 12.4. The highest BCUT2D eigenvalue weighted by Gasteiger charge is 2.18. The van der Waals surface area contributed by atoms with Gasteiger partial charge in [-0.1, -0.05) is 17.7 Å². The molecule has 0 aliphatic rings. The molecule has 6 heteroatoms. The summed E-state index contributed by atoms with van der Waals surface area (Å²) in [4.78, 5) is 13.5. The van der Waals surface area contributed by atoms with Gasteiger partial charge in [0.15, 0.2) is 0 Å². The van der Waals surface area contributed by atoms with Crippen molar-refractivity contribution in [3.05, 3.63) is 35.2 Å². The van der Waals surface area contributed by atoms with Crippen molar-refractivity contribution >= 4 is 11.6 Å². The summed E-state index contributed by atoms with van der Waals surface area (Å²) in [6.45, 7) is 3.97. The van der Waals surface area contributed by atoms with Crippen LogP contribution in [0.3, 0.4) is 0 Å². The Balaban J connectivity index is 2.31. The molecule has 1 aromatic carbocycles. The minimum Gasteiger partial charge on any atom is -0.308 e. The van der Waals surface area contributed by atoms with Gasteiger partial charge in [0, 0.05) is 12.7 Å². The Bertz CT molecular complexity index is 535. The van der Waals surface area contributed by atoms with Crippen LogP contribution >= 0.6 is 0 Å². The number of nitrogens with zero attached hydrogens (tertiary/aromatic N) is 4. The number of rotatable bonds is 2. The molecule has 0 unspecified atom stereocenters. The number of aromatic nitrogens is 4. The zero-order valence-electron chi connectivity index (χ0n) is 9.93. The number of nitrogens with one attached hydrogen (secondary N) is 1. The zero-order valence-corrected chi connectivity index (χ0v) is 9.93. The van der Waals surface area contributed by atoms with Crippen molar-refractivity contribution in [2.75, 3.05) is 11.9 Å². The molecule has 1 amide bonds. The number of hydrogen-bond donors (Lipinski definition) is 1. The van der Waals surface area contributed by atoms with Crippen LogP contribution in [-0.4, -0.2) is 33.6 Å². The van der Waals surface area contributed by atoms with Crippen molar-refractivity contribution in [2.24, 2.45) is 0 Å². The minimum atomic E-state index is -0.286. The fourth-order valence-electron chi connectivity index (χ4n) is 1.69. The average Bonchev–Trinajstić information content (AvgIpc) is 2.80. The maximum atomic E-state index is 12.0. The molecule has 0 aliphatic heterocycles. The lowest BCUT2D eigenvalue weighted by Gasteiger charge is -2.18. The Morgan fingerprint density at radius 3 is 2.71 bits per heavy atom. The molecule has 17 heavy (non-hydrogen) atoms. The summed E-state index contributed by atoms with van der Waals surface area (Å²) in [5.41, 5.74) is 3.03. The Morgan fingerprint density at radius 1 is 1.35 bits per heavy atom. The highest BCUT2D eigenvalue weighted by molar-refractivity contribution is 6.03. The van der Waals surface area contributed by atoms with Crippen LogP contribution in [0, 0.1) is 13.8 Å². The van der Waals surface area contributed by atoms with E-state index in [0.717, 1.165) is 16.8 Å². The number of anilines is 1. The van der Waals surface area contributed by atoms with Crippen molar-refractivity contribution in [2.45, 2.75) is 13.8 Å². The van der Waals surface area contributed by atoms with Gasteiger partial charge in [0.2, 0.25) is 0 Å². The number of H-pyrrole nitrogens is 1. The molecule has 0 atom stereocenters. The van der Waals surface area contributed by atoms with Crippen LogP contribution in [0.5, 0.6) is 0 Å². The molecule has 0 spiro atoms. The molecule has 88 valence electrons. The van der Waals surface area contributed by atoms with E-state index in [4.69, 9.17) is 0 Å². The number of amides is 1. The summed E-state index contributed by atoms with van der Waals surface area (Å²) in [6, 6.07) is 5.89. The molecule has 0 saturated carbocycles. The number of aryl methyl sites for hydroxylation is 2. The van der Waals surface area contributed by atoms with Gasteiger partial charge < -0.3 is 4.90 Å². The van der Waals surface area contributed by atoms with Crippen LogP contribution in [0.1, 0.15) is 21.7 Å². The quantitative estimate of drug-likeness (QED) is 0.839. The highest BCUT2D eigenvalue weighted by Crippen LogP contribution is 2.20. The van der Waals surface area contributed by atoms with Gasteiger partial charge in [0.25, 0.3) is 11.7 Å². The monoisotopic (exact) mass is 231 g/mol. The summed E-state index contributed by atoms with van der Waals surface area (Å²) in [7, 11) is 1.69. The van der Waals surface area contributed by atoms with Crippen molar-refractivity contribution in [3.63, 3.8) is 0 Å². The first-order chi connectivity index (χ1) is 8.09. The molecular formula is C11H13N5O. The normalized spacial score (nSPS) is 10.3. The molecule has 0 fully saturated rings. The smallest absolute Gasteiger partial charge is 0.299 e. The Morgan fingerprint density at radius 2 is 2.12 bits per heavy atom. The summed E-state index contributed by atoms with van der Waals surface area (Å²) >= 11 is 0. The third-order valence-electron chi connectivity index (χ3n) is 2.55. The second-order valence-electron chi connectivity index (χ2n) is 3.89. The molecular weight excluding hydrogens is 218 g/mol. The largest absolute Gasteiger partial charge is 0.308 e. The minimum absolute atomic E-state index is 0.0625. The Kier molecular flexibility index (Phi) is 2.86. The van der Waals surface area contributed by atoms with Crippen LogP contribution in [0.4, 0.5) is 5.69 Å². The lowest BCUT2D eigenvalue weighted by molar-refractivity contribution is 0.0983. The van der Waals surface area contributed by atoms with E-state index in [1.165, 1.54) is 4.90 Å². The average molecular weight is 231 g/mol. The van der Waals surface area contributed by atoms with Crippen molar-refractivity contribution in [1.82, 2.24) is 20.6 Å². The molecule has 6 nitrogen and oxygen atoms in total. The van der Waals surface area contributed by atoms with Gasteiger partial charge in [-0.25, -0.2) is 0 Å². The lowest BCUT2D eigenvalue weighted by Crippen LogP contribution is -2.28. The molecule has 2 aromatic rings. The van der Waals surface area contributed by atoms with Crippen LogP contribution in [0.15, 0.2) is 18.2 Å². The third kappa shape index (κ3) is 2.15. The van der Waals surface area contributed by atoms with Gasteiger partial charge in [0.05, 0.1) is 0 Å². The standard InChI is InChI=1S/C11H13N5O/c1-7-4-5-9(8(2)6-7)16(3)11(17)10-12-14-15-13-10/h4-6H,1-3H3,(H,12,13,14,15). The molecule has 0 bridgehead atoms. The first kappa shape index (κ1) is 11.3. The van der Waals surface area contributed by atoms with Gasteiger partial charge in [-0.2, -0.15) is 5.21 Å². The SMILES string of the molecule is Cc1ccc(N(C)C(=O)c2nn[nH]n2)c(C)c1. The maximum Gasteiger partial charge on any atom is 0.299 e. The molecule has 0 radical (unpaired) electrons. The fraction of sp³-hybridized carbons (Fsp3) is 0.273. The summed E-state index contributed by atoms with van der Waals surface area (Å²) < 4.78 is 0. The predicted octanol–water partition coefficient (Wildman–Crippen LogP) is 1.09. The summed E-state index contributed by atoms with van der Waals surface area (Å²) in [6.07, 6.45) is 0. The summed E-state index contributed by atoms with van der Waals surface area (Å²) in [5, 5.41) is 13.0. The number of carbonyl (C=O) groups is 1. The van der Waals surface area contributed by atoms with Crippen LogP contribution in [-0.2, 0) is 0 Å². The van der Waals surface area contributed by atoms with E-state index >= 15 is 0 Å². The van der Waals surface area contributed by atoms with Crippen LogP contribution in [0.25, 0.3) is 0 Å². The van der Waals surface area contributed by atoms with Gasteiger partial charge in [0.1, 0.15) is 0 Å². The molecule has 0 saturated heterocycles. The van der Waals surface area contributed by atoms with Gasteiger partial charge in [-0.05, 0) is 30.7 Å². The topological polar surface area (TPSA) is 74.8 Å².